The summed E-state index contributed by atoms with van der Waals surface area (Å²) >= 11 is 5.82. The van der Waals surface area contributed by atoms with Crippen LogP contribution in [0.4, 0.5) is 0 Å². The van der Waals surface area contributed by atoms with Gasteiger partial charge in [0.15, 0.2) is 6.10 Å². The van der Waals surface area contributed by atoms with Crippen molar-refractivity contribution in [3.63, 3.8) is 0 Å². The smallest absolute Gasteiger partial charge is 0.346 e. The van der Waals surface area contributed by atoms with E-state index in [0.29, 0.717) is 10.8 Å². The molecule has 82 valence electrons. The maximum Gasteiger partial charge on any atom is 0.346 e. The minimum absolute atomic E-state index is 0.408. The Morgan fingerprint density at radius 1 is 1.47 bits per heavy atom. The van der Waals surface area contributed by atoms with E-state index < -0.39 is 12.1 Å². The average Bonchev–Trinajstić information content (AvgIpc) is 2.22. The van der Waals surface area contributed by atoms with Gasteiger partial charge in [-0.15, -0.1) is 0 Å². The Kier molecular flexibility index (Phi) is 3.97. The van der Waals surface area contributed by atoms with Crippen LogP contribution in [0, 0.1) is 6.92 Å². The van der Waals surface area contributed by atoms with E-state index >= 15 is 0 Å². The lowest BCUT2D eigenvalue weighted by atomic mass is 10.2. The molecular formula is C11H13ClO3. The first-order valence-corrected chi connectivity index (χ1v) is 4.93. The summed E-state index contributed by atoms with van der Waals surface area (Å²) in [6.45, 7) is 3.52. The quantitative estimate of drug-likeness (QED) is 0.746. The minimum Gasteiger partial charge on any atom is -0.479 e. The van der Waals surface area contributed by atoms with Crippen molar-refractivity contribution in [1.82, 2.24) is 0 Å². The molecule has 0 fully saturated rings. The average molecular weight is 229 g/mol. The van der Waals surface area contributed by atoms with Gasteiger partial charge in [-0.05, 0) is 31.5 Å². The molecule has 1 aromatic rings. The van der Waals surface area contributed by atoms with Gasteiger partial charge in [0.2, 0.25) is 0 Å². The molecule has 1 aromatic carbocycles. The van der Waals surface area contributed by atoms with Gasteiger partial charge in [0.05, 0.1) is 7.11 Å². The molecule has 0 amide bonds. The van der Waals surface area contributed by atoms with Crippen LogP contribution in [-0.2, 0) is 9.53 Å². The molecule has 0 heterocycles. The summed E-state index contributed by atoms with van der Waals surface area (Å²) in [7, 11) is 1.33. The van der Waals surface area contributed by atoms with Gasteiger partial charge in [0.1, 0.15) is 5.75 Å². The van der Waals surface area contributed by atoms with Crippen molar-refractivity contribution < 1.29 is 14.3 Å². The molecule has 0 spiro atoms. The highest BCUT2D eigenvalue weighted by molar-refractivity contribution is 6.30. The summed E-state index contributed by atoms with van der Waals surface area (Å²) in [5.41, 5.74) is 0.926. The molecule has 0 N–H and O–H groups in total. The molecule has 15 heavy (non-hydrogen) atoms. The second-order valence-corrected chi connectivity index (χ2v) is 3.63. The molecule has 1 rings (SSSR count). The molecule has 0 radical (unpaired) electrons. The van der Waals surface area contributed by atoms with Crippen molar-refractivity contribution in [1.29, 1.82) is 0 Å². The Morgan fingerprint density at radius 3 is 2.73 bits per heavy atom. The molecule has 0 bridgehead atoms. The number of carbonyl (C=O) groups excluding carboxylic acids is 1. The third-order valence-corrected chi connectivity index (χ3v) is 2.22. The van der Waals surface area contributed by atoms with E-state index in [0.717, 1.165) is 5.56 Å². The van der Waals surface area contributed by atoms with Crippen molar-refractivity contribution in [3.8, 4) is 5.75 Å². The minimum atomic E-state index is -0.632. The summed E-state index contributed by atoms with van der Waals surface area (Å²) < 4.78 is 9.98. The predicted molar refractivity (Wildman–Crippen MR) is 58.3 cm³/mol. The third kappa shape index (κ3) is 3.13. The number of carbonyl (C=O) groups is 1. The Bertz CT molecular complexity index is 363. The highest BCUT2D eigenvalue weighted by Crippen LogP contribution is 2.23. The maximum atomic E-state index is 11.1. The fourth-order valence-corrected chi connectivity index (χ4v) is 1.27. The first-order chi connectivity index (χ1) is 7.04. The van der Waals surface area contributed by atoms with Crippen LogP contribution in [0.25, 0.3) is 0 Å². The SMILES string of the molecule is COC(=O)[C@@H](C)Oc1cc(Cl)ccc1C. The summed E-state index contributed by atoms with van der Waals surface area (Å²) in [5.74, 6) is 0.190. The Balaban J connectivity index is 2.80. The van der Waals surface area contributed by atoms with Crippen molar-refractivity contribution in [2.75, 3.05) is 7.11 Å². The number of hydrogen-bond acceptors (Lipinski definition) is 3. The van der Waals surface area contributed by atoms with Crippen LogP contribution in [0.5, 0.6) is 5.75 Å². The fourth-order valence-electron chi connectivity index (χ4n) is 1.11. The Labute approximate surface area is 93.9 Å². The molecule has 0 saturated heterocycles. The lowest BCUT2D eigenvalue weighted by Crippen LogP contribution is -2.25. The van der Waals surface area contributed by atoms with Gasteiger partial charge in [-0.25, -0.2) is 4.79 Å². The van der Waals surface area contributed by atoms with Gasteiger partial charge in [-0.1, -0.05) is 17.7 Å². The van der Waals surface area contributed by atoms with Crippen molar-refractivity contribution in [3.05, 3.63) is 28.8 Å². The number of aryl methyl sites for hydroxylation is 1. The van der Waals surface area contributed by atoms with Crippen LogP contribution in [0.15, 0.2) is 18.2 Å². The number of methoxy groups -OCH3 is 1. The monoisotopic (exact) mass is 228 g/mol. The van der Waals surface area contributed by atoms with Gasteiger partial charge in [0.25, 0.3) is 0 Å². The van der Waals surface area contributed by atoms with Gasteiger partial charge >= 0.3 is 5.97 Å². The predicted octanol–water partition coefficient (Wildman–Crippen LogP) is 2.59. The lowest BCUT2D eigenvalue weighted by molar-refractivity contribution is -0.147. The van der Waals surface area contributed by atoms with Gasteiger partial charge < -0.3 is 9.47 Å². The van der Waals surface area contributed by atoms with Crippen LogP contribution in [-0.4, -0.2) is 19.2 Å². The Morgan fingerprint density at radius 2 is 2.13 bits per heavy atom. The topological polar surface area (TPSA) is 35.5 Å². The first kappa shape index (κ1) is 11.9. The van der Waals surface area contributed by atoms with E-state index in [-0.39, 0.29) is 0 Å². The summed E-state index contributed by atoms with van der Waals surface area (Å²) in [6, 6.07) is 5.28. The number of rotatable bonds is 3. The number of ether oxygens (including phenoxy) is 2. The highest BCUT2D eigenvalue weighted by atomic mass is 35.5. The van der Waals surface area contributed by atoms with Crippen molar-refractivity contribution >= 4 is 17.6 Å². The van der Waals surface area contributed by atoms with Crippen LogP contribution < -0.4 is 4.74 Å². The third-order valence-electron chi connectivity index (χ3n) is 1.99. The molecular weight excluding hydrogens is 216 g/mol. The molecule has 4 heteroatoms. The van der Waals surface area contributed by atoms with Crippen molar-refractivity contribution in [2.45, 2.75) is 20.0 Å². The number of benzene rings is 1. The highest BCUT2D eigenvalue weighted by Gasteiger charge is 2.15. The molecule has 0 saturated carbocycles. The second-order valence-electron chi connectivity index (χ2n) is 3.19. The molecule has 0 aliphatic carbocycles. The van der Waals surface area contributed by atoms with Crippen LogP contribution in [0.2, 0.25) is 5.02 Å². The van der Waals surface area contributed by atoms with Crippen LogP contribution in [0.1, 0.15) is 12.5 Å². The zero-order valence-corrected chi connectivity index (χ0v) is 9.67. The van der Waals surface area contributed by atoms with E-state index in [1.807, 2.05) is 13.0 Å². The summed E-state index contributed by atoms with van der Waals surface area (Å²) in [6.07, 6.45) is -0.632. The maximum absolute atomic E-state index is 11.1. The van der Waals surface area contributed by atoms with E-state index in [9.17, 15) is 4.79 Å². The largest absolute Gasteiger partial charge is 0.479 e. The van der Waals surface area contributed by atoms with E-state index in [1.165, 1.54) is 7.11 Å². The Hall–Kier alpha value is -1.22. The fraction of sp³-hybridized carbons (Fsp3) is 0.364. The molecule has 0 aliphatic rings. The molecule has 0 aliphatic heterocycles. The number of hydrogen-bond donors (Lipinski definition) is 0. The van der Waals surface area contributed by atoms with Gasteiger partial charge in [0, 0.05) is 5.02 Å². The standard InChI is InChI=1S/C11H13ClO3/c1-7-4-5-9(12)6-10(7)15-8(2)11(13)14-3/h4-6,8H,1-3H3/t8-/m1/s1. The lowest BCUT2D eigenvalue weighted by Gasteiger charge is -2.14. The zero-order chi connectivity index (χ0) is 11.4. The van der Waals surface area contributed by atoms with Gasteiger partial charge in [-0.2, -0.15) is 0 Å². The van der Waals surface area contributed by atoms with E-state index in [1.54, 1.807) is 19.1 Å². The van der Waals surface area contributed by atoms with E-state index in [4.69, 9.17) is 16.3 Å². The summed E-state index contributed by atoms with van der Waals surface area (Å²) in [5, 5.41) is 0.577. The number of halogens is 1. The first-order valence-electron chi connectivity index (χ1n) is 4.55. The van der Waals surface area contributed by atoms with E-state index in [2.05, 4.69) is 4.74 Å². The molecule has 3 nitrogen and oxygen atoms in total. The van der Waals surface area contributed by atoms with Gasteiger partial charge in [-0.3, -0.25) is 0 Å². The molecule has 0 unspecified atom stereocenters. The second kappa shape index (κ2) is 5.03. The van der Waals surface area contributed by atoms with Crippen LogP contribution >= 0.6 is 11.6 Å². The zero-order valence-electron chi connectivity index (χ0n) is 8.91. The summed E-state index contributed by atoms with van der Waals surface area (Å²) in [4.78, 5) is 11.1. The molecule has 0 aromatic heterocycles. The number of esters is 1. The van der Waals surface area contributed by atoms with Crippen molar-refractivity contribution in [2.24, 2.45) is 0 Å². The normalized spacial score (nSPS) is 12.0. The van der Waals surface area contributed by atoms with Crippen LogP contribution in [0.3, 0.4) is 0 Å². The molecule has 1 atom stereocenters.